The van der Waals surface area contributed by atoms with E-state index in [9.17, 15) is 13.2 Å². The van der Waals surface area contributed by atoms with E-state index in [1.165, 1.54) is 10.6 Å². The van der Waals surface area contributed by atoms with Crippen LogP contribution >= 0.6 is 0 Å². The third-order valence-corrected chi connectivity index (χ3v) is 4.65. The molecule has 1 aromatic rings. The molecule has 0 aliphatic carbocycles. The number of hydrogen-bond donors (Lipinski definition) is 0. The molecule has 104 valence electrons. The summed E-state index contributed by atoms with van der Waals surface area (Å²) >= 11 is 0. The van der Waals surface area contributed by atoms with Crippen LogP contribution in [-0.2, 0) is 10.0 Å². The summed E-state index contributed by atoms with van der Waals surface area (Å²) in [5.74, 6) is 0.0495. The summed E-state index contributed by atoms with van der Waals surface area (Å²) < 4.78 is 24.3. The van der Waals surface area contributed by atoms with Crippen molar-refractivity contribution in [3.05, 3.63) is 29.8 Å². The van der Waals surface area contributed by atoms with Crippen molar-refractivity contribution < 1.29 is 13.2 Å². The van der Waals surface area contributed by atoms with Gasteiger partial charge in [0.25, 0.3) is 0 Å². The second kappa shape index (κ2) is 5.30. The minimum Gasteiger partial charge on any atom is -0.369 e. The lowest BCUT2D eigenvalue weighted by Crippen LogP contribution is -2.48. The molecule has 2 rings (SSSR count). The molecule has 1 aromatic carbocycles. The number of carbonyl (C=O) groups is 1. The van der Waals surface area contributed by atoms with Gasteiger partial charge in [-0.2, -0.15) is 4.31 Å². The highest BCUT2D eigenvalue weighted by Gasteiger charge is 2.23. The van der Waals surface area contributed by atoms with E-state index in [1.807, 2.05) is 12.1 Å². The Morgan fingerprint density at radius 1 is 1.05 bits per heavy atom. The van der Waals surface area contributed by atoms with Gasteiger partial charge in [0, 0.05) is 37.4 Å². The van der Waals surface area contributed by atoms with E-state index in [4.69, 9.17) is 0 Å². The molecule has 1 saturated heterocycles. The Kier molecular flexibility index (Phi) is 3.91. The van der Waals surface area contributed by atoms with Gasteiger partial charge in [0.1, 0.15) is 0 Å². The van der Waals surface area contributed by atoms with Crippen LogP contribution in [0.3, 0.4) is 0 Å². The number of ketones is 1. The largest absolute Gasteiger partial charge is 0.369 e. The van der Waals surface area contributed by atoms with Crippen molar-refractivity contribution >= 4 is 21.5 Å². The van der Waals surface area contributed by atoms with Gasteiger partial charge in [-0.25, -0.2) is 8.42 Å². The van der Waals surface area contributed by atoms with E-state index in [0.29, 0.717) is 31.7 Å². The van der Waals surface area contributed by atoms with Crippen molar-refractivity contribution in [2.45, 2.75) is 6.92 Å². The third kappa shape index (κ3) is 3.33. The van der Waals surface area contributed by atoms with Gasteiger partial charge in [0.05, 0.1) is 6.26 Å². The summed E-state index contributed by atoms with van der Waals surface area (Å²) in [6.07, 6.45) is 1.24. The highest BCUT2D eigenvalue weighted by Crippen LogP contribution is 2.18. The topological polar surface area (TPSA) is 57.7 Å². The van der Waals surface area contributed by atoms with Crippen LogP contribution in [0.1, 0.15) is 17.3 Å². The normalized spacial score (nSPS) is 17.5. The van der Waals surface area contributed by atoms with Gasteiger partial charge in [0.2, 0.25) is 10.0 Å². The molecule has 0 radical (unpaired) electrons. The first-order valence-electron chi connectivity index (χ1n) is 6.19. The first-order valence-corrected chi connectivity index (χ1v) is 8.04. The van der Waals surface area contributed by atoms with Gasteiger partial charge in [0.15, 0.2) is 5.78 Å². The summed E-state index contributed by atoms with van der Waals surface area (Å²) in [6, 6.07) is 7.43. The highest BCUT2D eigenvalue weighted by molar-refractivity contribution is 7.88. The monoisotopic (exact) mass is 282 g/mol. The predicted octanol–water partition coefficient (Wildman–Crippen LogP) is 0.971. The number of rotatable bonds is 3. The van der Waals surface area contributed by atoms with Crippen LogP contribution in [0.15, 0.2) is 24.3 Å². The van der Waals surface area contributed by atoms with Gasteiger partial charge < -0.3 is 4.90 Å². The number of Topliss-reactive ketones (excluding diaryl/α,β-unsaturated/α-hetero) is 1. The molecule has 5 nitrogen and oxygen atoms in total. The maximum absolute atomic E-state index is 11.4. The van der Waals surface area contributed by atoms with E-state index in [2.05, 4.69) is 4.90 Å². The van der Waals surface area contributed by atoms with E-state index >= 15 is 0 Å². The quantitative estimate of drug-likeness (QED) is 0.775. The fraction of sp³-hybridized carbons (Fsp3) is 0.462. The van der Waals surface area contributed by atoms with Crippen LogP contribution in [0.2, 0.25) is 0 Å². The Hall–Kier alpha value is -1.40. The van der Waals surface area contributed by atoms with Crippen molar-refractivity contribution in [1.82, 2.24) is 4.31 Å². The minimum absolute atomic E-state index is 0.0495. The summed E-state index contributed by atoms with van der Waals surface area (Å²) in [7, 11) is -3.09. The number of carbonyl (C=O) groups excluding carboxylic acids is 1. The number of nitrogens with zero attached hydrogens (tertiary/aromatic N) is 2. The zero-order valence-corrected chi connectivity index (χ0v) is 12.0. The Morgan fingerprint density at radius 2 is 1.58 bits per heavy atom. The number of sulfonamides is 1. The molecule has 0 amide bonds. The summed E-state index contributed by atoms with van der Waals surface area (Å²) in [4.78, 5) is 13.3. The van der Waals surface area contributed by atoms with Crippen molar-refractivity contribution in [3.63, 3.8) is 0 Å². The molecule has 1 aliphatic heterocycles. The molecule has 0 unspecified atom stereocenters. The molecule has 0 bridgehead atoms. The molecule has 0 atom stereocenters. The molecule has 1 heterocycles. The maximum atomic E-state index is 11.4. The van der Waals surface area contributed by atoms with E-state index in [1.54, 1.807) is 19.1 Å². The zero-order chi connectivity index (χ0) is 14.0. The van der Waals surface area contributed by atoms with E-state index in [0.717, 1.165) is 5.69 Å². The van der Waals surface area contributed by atoms with Crippen molar-refractivity contribution in [3.8, 4) is 0 Å². The number of hydrogen-bond acceptors (Lipinski definition) is 4. The first kappa shape index (κ1) is 14.0. The molecular formula is C13H18N2O3S. The Morgan fingerprint density at radius 3 is 2.00 bits per heavy atom. The molecule has 0 saturated carbocycles. The number of benzene rings is 1. The summed E-state index contributed by atoms with van der Waals surface area (Å²) in [5.41, 5.74) is 1.72. The van der Waals surface area contributed by atoms with Crippen LogP contribution in [0, 0.1) is 0 Å². The Balaban J connectivity index is 2.03. The van der Waals surface area contributed by atoms with Gasteiger partial charge in [-0.3, -0.25) is 4.79 Å². The molecular weight excluding hydrogens is 264 g/mol. The van der Waals surface area contributed by atoms with E-state index < -0.39 is 10.0 Å². The fourth-order valence-electron chi connectivity index (χ4n) is 2.18. The molecule has 1 fully saturated rings. The lowest BCUT2D eigenvalue weighted by molar-refractivity contribution is 0.101. The zero-order valence-electron chi connectivity index (χ0n) is 11.2. The molecule has 0 aromatic heterocycles. The first-order chi connectivity index (χ1) is 8.88. The summed E-state index contributed by atoms with van der Waals surface area (Å²) in [6.45, 7) is 3.90. The average molecular weight is 282 g/mol. The van der Waals surface area contributed by atoms with Crippen LogP contribution < -0.4 is 4.90 Å². The molecule has 1 aliphatic rings. The van der Waals surface area contributed by atoms with Crippen molar-refractivity contribution in [2.24, 2.45) is 0 Å². The van der Waals surface area contributed by atoms with Gasteiger partial charge >= 0.3 is 0 Å². The fourth-order valence-corrected chi connectivity index (χ4v) is 3.01. The van der Waals surface area contributed by atoms with Crippen LogP contribution in [0.4, 0.5) is 5.69 Å². The maximum Gasteiger partial charge on any atom is 0.211 e. The second-order valence-corrected chi connectivity index (χ2v) is 6.73. The van der Waals surface area contributed by atoms with Crippen molar-refractivity contribution in [1.29, 1.82) is 0 Å². The minimum atomic E-state index is -3.09. The van der Waals surface area contributed by atoms with Gasteiger partial charge in [-0.15, -0.1) is 0 Å². The number of anilines is 1. The molecule has 0 spiro atoms. The van der Waals surface area contributed by atoms with Gasteiger partial charge in [-0.1, -0.05) is 0 Å². The van der Waals surface area contributed by atoms with E-state index in [-0.39, 0.29) is 5.78 Å². The SMILES string of the molecule is CC(=O)c1ccc(N2CCN(S(C)(=O)=O)CC2)cc1. The Labute approximate surface area is 113 Å². The van der Waals surface area contributed by atoms with Crippen LogP contribution in [0.5, 0.6) is 0 Å². The Bertz CT molecular complexity index is 558. The highest BCUT2D eigenvalue weighted by atomic mass is 32.2. The second-order valence-electron chi connectivity index (χ2n) is 4.75. The molecule has 0 N–H and O–H groups in total. The summed E-state index contributed by atoms with van der Waals surface area (Å²) in [5, 5.41) is 0. The third-order valence-electron chi connectivity index (χ3n) is 3.35. The van der Waals surface area contributed by atoms with Crippen molar-refractivity contribution in [2.75, 3.05) is 37.3 Å². The van der Waals surface area contributed by atoms with Gasteiger partial charge in [-0.05, 0) is 31.2 Å². The standard InChI is InChI=1S/C13H18N2O3S/c1-11(16)12-3-5-13(6-4-12)14-7-9-15(10-8-14)19(2,17)18/h3-6H,7-10H2,1-2H3. The number of piperazine rings is 1. The lowest BCUT2D eigenvalue weighted by atomic mass is 10.1. The predicted molar refractivity (Wildman–Crippen MR) is 75.1 cm³/mol. The van der Waals surface area contributed by atoms with Crippen LogP contribution in [0.25, 0.3) is 0 Å². The lowest BCUT2D eigenvalue weighted by Gasteiger charge is -2.34. The smallest absolute Gasteiger partial charge is 0.211 e. The average Bonchev–Trinajstić information content (AvgIpc) is 2.38. The molecule has 19 heavy (non-hydrogen) atoms. The van der Waals surface area contributed by atoms with Crippen LogP contribution in [-0.4, -0.2) is 50.9 Å². The molecule has 6 heteroatoms.